The Kier molecular flexibility index (Phi) is 3.45. The number of nitrogens with one attached hydrogen (secondary N) is 1. The van der Waals surface area contributed by atoms with Gasteiger partial charge < -0.3 is 10.1 Å². The van der Waals surface area contributed by atoms with Crippen LogP contribution in [0.1, 0.15) is 24.2 Å². The van der Waals surface area contributed by atoms with Gasteiger partial charge >= 0.3 is 0 Å². The molecular weight excluding hydrogens is 180 g/mol. The van der Waals surface area contributed by atoms with Gasteiger partial charge in [-0.15, -0.1) is 0 Å². The molecule has 1 amide bonds. The first kappa shape index (κ1) is 10.5. The number of nitrogens with zero attached hydrogens (tertiary/aromatic N) is 1. The van der Waals surface area contributed by atoms with Crippen LogP contribution in [0.4, 0.5) is 0 Å². The van der Waals surface area contributed by atoms with Crippen molar-refractivity contribution < 1.29 is 9.53 Å². The normalized spacial score (nSPS) is 10.0. The number of pyridine rings is 1. The molecule has 1 aromatic rings. The summed E-state index contributed by atoms with van der Waals surface area (Å²) in [5.74, 6) is 0.390. The second-order valence-corrected chi connectivity index (χ2v) is 3.22. The van der Waals surface area contributed by atoms with Crippen LogP contribution in [0.2, 0.25) is 0 Å². The minimum Gasteiger partial charge on any atom is -0.481 e. The van der Waals surface area contributed by atoms with Gasteiger partial charge in [-0.1, -0.05) is 0 Å². The van der Waals surface area contributed by atoms with Gasteiger partial charge in [0.25, 0.3) is 5.91 Å². The topological polar surface area (TPSA) is 51.2 Å². The fourth-order valence-electron chi connectivity index (χ4n) is 0.981. The van der Waals surface area contributed by atoms with Gasteiger partial charge in [-0.05, 0) is 19.9 Å². The number of rotatable bonds is 3. The lowest BCUT2D eigenvalue weighted by Crippen LogP contribution is -2.30. The van der Waals surface area contributed by atoms with Crippen molar-refractivity contribution >= 4 is 5.91 Å². The van der Waals surface area contributed by atoms with Gasteiger partial charge in [-0.2, -0.15) is 0 Å². The first-order chi connectivity index (χ1) is 6.63. The summed E-state index contributed by atoms with van der Waals surface area (Å²) in [6.45, 7) is 3.82. The van der Waals surface area contributed by atoms with Crippen LogP contribution in [0.3, 0.4) is 0 Å². The van der Waals surface area contributed by atoms with E-state index in [9.17, 15) is 4.79 Å². The molecule has 1 N–H and O–H groups in total. The minimum absolute atomic E-state index is 0.116. The van der Waals surface area contributed by atoms with Crippen molar-refractivity contribution in [2.24, 2.45) is 0 Å². The highest BCUT2D eigenvalue weighted by molar-refractivity contribution is 5.94. The maximum absolute atomic E-state index is 11.5. The van der Waals surface area contributed by atoms with Crippen molar-refractivity contribution in [1.29, 1.82) is 0 Å². The lowest BCUT2D eigenvalue weighted by Gasteiger charge is -2.07. The molecule has 0 fully saturated rings. The van der Waals surface area contributed by atoms with E-state index >= 15 is 0 Å². The molecule has 0 radical (unpaired) electrons. The molecule has 0 aliphatic heterocycles. The van der Waals surface area contributed by atoms with Crippen LogP contribution in [0.25, 0.3) is 0 Å². The molecule has 1 rings (SSSR count). The molecule has 0 bridgehead atoms. The van der Waals surface area contributed by atoms with E-state index in [0.29, 0.717) is 11.4 Å². The van der Waals surface area contributed by atoms with Crippen LogP contribution in [-0.2, 0) is 0 Å². The smallest absolute Gasteiger partial charge is 0.253 e. The average Bonchev–Trinajstić information content (AvgIpc) is 2.17. The largest absolute Gasteiger partial charge is 0.481 e. The molecule has 0 saturated heterocycles. The van der Waals surface area contributed by atoms with E-state index in [1.807, 2.05) is 13.8 Å². The lowest BCUT2D eigenvalue weighted by atomic mass is 10.2. The molecule has 0 unspecified atom stereocenters. The molecule has 76 valence electrons. The zero-order chi connectivity index (χ0) is 10.6. The Bertz CT molecular complexity index is 306. The van der Waals surface area contributed by atoms with Gasteiger partial charge in [0.2, 0.25) is 5.88 Å². The van der Waals surface area contributed by atoms with Crippen LogP contribution >= 0.6 is 0 Å². The zero-order valence-electron chi connectivity index (χ0n) is 8.57. The number of hydrogen-bond donors (Lipinski definition) is 1. The van der Waals surface area contributed by atoms with Crippen LogP contribution < -0.4 is 10.1 Å². The zero-order valence-corrected chi connectivity index (χ0v) is 8.57. The Labute approximate surface area is 83.3 Å². The van der Waals surface area contributed by atoms with Crippen molar-refractivity contribution in [3.05, 3.63) is 23.9 Å². The van der Waals surface area contributed by atoms with E-state index in [1.54, 1.807) is 12.1 Å². The van der Waals surface area contributed by atoms with Gasteiger partial charge in [-0.3, -0.25) is 4.79 Å². The molecular formula is C10H14N2O2. The Morgan fingerprint density at radius 3 is 2.64 bits per heavy atom. The molecule has 0 aromatic carbocycles. The highest BCUT2D eigenvalue weighted by atomic mass is 16.5. The molecule has 0 saturated carbocycles. The predicted molar refractivity (Wildman–Crippen MR) is 53.4 cm³/mol. The van der Waals surface area contributed by atoms with Crippen molar-refractivity contribution in [3.63, 3.8) is 0 Å². The highest BCUT2D eigenvalue weighted by Gasteiger charge is 2.06. The van der Waals surface area contributed by atoms with Crippen molar-refractivity contribution in [1.82, 2.24) is 10.3 Å². The van der Waals surface area contributed by atoms with Gasteiger partial charge in [0, 0.05) is 18.3 Å². The highest BCUT2D eigenvalue weighted by Crippen LogP contribution is 2.06. The molecule has 14 heavy (non-hydrogen) atoms. The van der Waals surface area contributed by atoms with Gasteiger partial charge in [0.05, 0.1) is 12.7 Å². The van der Waals surface area contributed by atoms with E-state index in [-0.39, 0.29) is 11.9 Å². The summed E-state index contributed by atoms with van der Waals surface area (Å²) in [7, 11) is 1.54. The SMILES string of the molecule is COc1ccc(C(=O)NC(C)C)cn1. The Balaban J connectivity index is 2.71. The third kappa shape index (κ3) is 2.73. The molecule has 0 spiro atoms. The number of carbonyl (C=O) groups excluding carboxylic acids is 1. The van der Waals surface area contributed by atoms with E-state index in [4.69, 9.17) is 4.74 Å². The van der Waals surface area contributed by atoms with Gasteiger partial charge in [0.1, 0.15) is 0 Å². The summed E-state index contributed by atoms with van der Waals surface area (Å²) >= 11 is 0. The van der Waals surface area contributed by atoms with E-state index in [2.05, 4.69) is 10.3 Å². The number of amides is 1. The third-order valence-electron chi connectivity index (χ3n) is 1.63. The quantitative estimate of drug-likeness (QED) is 0.787. The number of carbonyl (C=O) groups is 1. The number of ether oxygens (including phenoxy) is 1. The van der Waals surface area contributed by atoms with Crippen LogP contribution in [-0.4, -0.2) is 24.0 Å². The van der Waals surface area contributed by atoms with Crippen LogP contribution in [0.15, 0.2) is 18.3 Å². The number of aromatic nitrogens is 1. The average molecular weight is 194 g/mol. The Hall–Kier alpha value is -1.58. The molecule has 0 aliphatic carbocycles. The molecule has 0 aliphatic rings. The Morgan fingerprint density at radius 2 is 2.21 bits per heavy atom. The predicted octanol–water partition coefficient (Wildman–Crippen LogP) is 1.23. The van der Waals surface area contributed by atoms with Crippen molar-refractivity contribution in [3.8, 4) is 5.88 Å². The second kappa shape index (κ2) is 4.60. The molecule has 1 aromatic heterocycles. The number of methoxy groups -OCH3 is 1. The molecule has 4 heteroatoms. The summed E-state index contributed by atoms with van der Waals surface area (Å²) in [5.41, 5.74) is 0.541. The number of hydrogen-bond acceptors (Lipinski definition) is 3. The fraction of sp³-hybridized carbons (Fsp3) is 0.400. The molecule has 4 nitrogen and oxygen atoms in total. The van der Waals surface area contributed by atoms with Gasteiger partial charge in [-0.25, -0.2) is 4.98 Å². The standard InChI is InChI=1S/C10H14N2O2/c1-7(2)12-10(13)8-4-5-9(14-3)11-6-8/h4-7H,1-3H3,(H,12,13). The molecule has 0 atom stereocenters. The van der Waals surface area contributed by atoms with Crippen molar-refractivity contribution in [2.75, 3.05) is 7.11 Å². The fourth-order valence-corrected chi connectivity index (χ4v) is 0.981. The van der Waals surface area contributed by atoms with Crippen LogP contribution in [0, 0.1) is 0 Å². The summed E-state index contributed by atoms with van der Waals surface area (Å²) in [6.07, 6.45) is 1.50. The monoisotopic (exact) mass is 194 g/mol. The van der Waals surface area contributed by atoms with E-state index in [1.165, 1.54) is 13.3 Å². The first-order valence-corrected chi connectivity index (χ1v) is 4.44. The lowest BCUT2D eigenvalue weighted by molar-refractivity contribution is 0.0942. The van der Waals surface area contributed by atoms with E-state index < -0.39 is 0 Å². The van der Waals surface area contributed by atoms with Gasteiger partial charge in [0.15, 0.2) is 0 Å². The summed E-state index contributed by atoms with van der Waals surface area (Å²) in [6, 6.07) is 3.48. The Morgan fingerprint density at radius 1 is 1.50 bits per heavy atom. The van der Waals surface area contributed by atoms with Crippen molar-refractivity contribution in [2.45, 2.75) is 19.9 Å². The maximum Gasteiger partial charge on any atom is 0.253 e. The molecule has 1 heterocycles. The van der Waals surface area contributed by atoms with Crippen LogP contribution in [0.5, 0.6) is 5.88 Å². The minimum atomic E-state index is -0.116. The second-order valence-electron chi connectivity index (χ2n) is 3.22. The van der Waals surface area contributed by atoms with E-state index in [0.717, 1.165) is 0 Å². The maximum atomic E-state index is 11.5. The first-order valence-electron chi connectivity index (χ1n) is 4.44. The summed E-state index contributed by atoms with van der Waals surface area (Å²) < 4.78 is 4.89. The third-order valence-corrected chi connectivity index (χ3v) is 1.63. The summed E-state index contributed by atoms with van der Waals surface area (Å²) in [4.78, 5) is 15.4. The summed E-state index contributed by atoms with van der Waals surface area (Å²) in [5, 5.41) is 2.78.